The lowest BCUT2D eigenvalue weighted by Crippen LogP contribution is -2.26. The van der Waals surface area contributed by atoms with Gasteiger partial charge in [-0.25, -0.2) is 17.9 Å². The Labute approximate surface area is 116 Å². The van der Waals surface area contributed by atoms with Crippen molar-refractivity contribution >= 4 is 21.8 Å². The van der Waals surface area contributed by atoms with Gasteiger partial charge < -0.3 is 0 Å². The van der Waals surface area contributed by atoms with Crippen molar-refractivity contribution in [1.82, 2.24) is 14.6 Å². The number of carbonyl (C=O) groups excluding carboxylic acids is 1. The van der Waals surface area contributed by atoms with Crippen molar-refractivity contribution in [3.63, 3.8) is 0 Å². The van der Waals surface area contributed by atoms with Gasteiger partial charge in [0.1, 0.15) is 6.29 Å². The largest absolute Gasteiger partial charge is 0.298 e. The molecule has 1 aliphatic rings. The standard InChI is InChI=1S/C13H15N3O3S/c17-8-10-3-4-16-13(7-10)14-12(15-16)6-11-2-1-5-20(18,19)9-11/h3-4,7-8,11H,1-2,5-6,9H2. The van der Waals surface area contributed by atoms with Crippen molar-refractivity contribution in [1.29, 1.82) is 0 Å². The number of aromatic nitrogens is 3. The van der Waals surface area contributed by atoms with Crippen LogP contribution in [0.25, 0.3) is 5.65 Å². The number of hydrogen-bond acceptors (Lipinski definition) is 5. The van der Waals surface area contributed by atoms with Crippen molar-refractivity contribution in [3.8, 4) is 0 Å². The molecule has 2 aromatic heterocycles. The number of fused-ring (bicyclic) bond motifs is 1. The van der Waals surface area contributed by atoms with Crippen LogP contribution in [0.2, 0.25) is 0 Å². The Kier molecular flexibility index (Phi) is 3.29. The molecule has 1 fully saturated rings. The molecule has 0 spiro atoms. The molecule has 20 heavy (non-hydrogen) atoms. The highest BCUT2D eigenvalue weighted by atomic mass is 32.2. The minimum Gasteiger partial charge on any atom is -0.298 e. The van der Waals surface area contributed by atoms with Gasteiger partial charge >= 0.3 is 0 Å². The molecule has 1 atom stereocenters. The summed E-state index contributed by atoms with van der Waals surface area (Å²) in [5.41, 5.74) is 1.17. The summed E-state index contributed by atoms with van der Waals surface area (Å²) < 4.78 is 24.9. The number of pyridine rings is 1. The molecule has 2 aromatic rings. The van der Waals surface area contributed by atoms with Crippen LogP contribution in [0.15, 0.2) is 18.3 Å². The second kappa shape index (κ2) is 4.97. The molecule has 0 aromatic carbocycles. The first-order chi connectivity index (χ1) is 9.55. The van der Waals surface area contributed by atoms with E-state index in [9.17, 15) is 13.2 Å². The lowest BCUT2D eigenvalue weighted by atomic mass is 10.0. The second-order valence-electron chi connectivity index (χ2n) is 5.24. The second-order valence-corrected chi connectivity index (χ2v) is 7.46. The van der Waals surface area contributed by atoms with Gasteiger partial charge in [-0.05, 0) is 30.9 Å². The molecule has 0 bridgehead atoms. The third-order valence-electron chi connectivity index (χ3n) is 3.57. The maximum absolute atomic E-state index is 11.6. The number of sulfone groups is 1. The van der Waals surface area contributed by atoms with E-state index in [0.717, 1.165) is 19.1 Å². The summed E-state index contributed by atoms with van der Waals surface area (Å²) >= 11 is 0. The molecule has 3 rings (SSSR count). The van der Waals surface area contributed by atoms with E-state index >= 15 is 0 Å². The minimum atomic E-state index is -2.90. The Hall–Kier alpha value is -1.76. The van der Waals surface area contributed by atoms with Gasteiger partial charge in [0.05, 0.1) is 11.5 Å². The molecule has 0 saturated carbocycles. The number of rotatable bonds is 3. The van der Waals surface area contributed by atoms with Crippen molar-refractivity contribution in [3.05, 3.63) is 29.7 Å². The molecular formula is C13H15N3O3S. The zero-order chi connectivity index (χ0) is 14.2. The zero-order valence-electron chi connectivity index (χ0n) is 10.9. The maximum Gasteiger partial charge on any atom is 0.156 e. The normalized spacial score (nSPS) is 21.9. The molecule has 3 heterocycles. The molecule has 106 valence electrons. The Morgan fingerprint density at radius 2 is 2.30 bits per heavy atom. The summed E-state index contributed by atoms with van der Waals surface area (Å²) in [5.74, 6) is 1.25. The highest BCUT2D eigenvalue weighted by molar-refractivity contribution is 7.91. The van der Waals surface area contributed by atoms with E-state index in [0.29, 0.717) is 29.2 Å². The Balaban J connectivity index is 1.82. The Bertz CT molecular complexity index is 751. The van der Waals surface area contributed by atoms with Gasteiger partial charge in [0, 0.05) is 18.2 Å². The molecular weight excluding hydrogens is 278 g/mol. The van der Waals surface area contributed by atoms with Crippen molar-refractivity contribution < 1.29 is 13.2 Å². The van der Waals surface area contributed by atoms with Gasteiger partial charge in [0.15, 0.2) is 21.3 Å². The van der Waals surface area contributed by atoms with Crippen molar-refractivity contribution in [2.24, 2.45) is 5.92 Å². The number of hydrogen-bond donors (Lipinski definition) is 0. The van der Waals surface area contributed by atoms with E-state index in [4.69, 9.17) is 0 Å². The van der Waals surface area contributed by atoms with Crippen LogP contribution in [0.1, 0.15) is 29.0 Å². The topological polar surface area (TPSA) is 81.4 Å². The quantitative estimate of drug-likeness (QED) is 0.786. The van der Waals surface area contributed by atoms with Gasteiger partial charge in [-0.3, -0.25) is 4.79 Å². The molecule has 1 aliphatic heterocycles. The van der Waals surface area contributed by atoms with E-state index in [1.54, 1.807) is 22.8 Å². The first-order valence-corrected chi connectivity index (χ1v) is 8.39. The number of aldehydes is 1. The summed E-state index contributed by atoms with van der Waals surface area (Å²) in [6, 6.07) is 3.34. The number of carbonyl (C=O) groups is 1. The van der Waals surface area contributed by atoms with Crippen LogP contribution >= 0.6 is 0 Å². The predicted octanol–water partition coefficient (Wildman–Crippen LogP) is 0.909. The molecule has 0 radical (unpaired) electrons. The predicted molar refractivity (Wildman–Crippen MR) is 73.5 cm³/mol. The first kappa shape index (κ1) is 13.2. The summed E-state index contributed by atoms with van der Waals surface area (Å²) in [6.45, 7) is 0. The fourth-order valence-corrected chi connectivity index (χ4v) is 4.42. The average molecular weight is 293 g/mol. The van der Waals surface area contributed by atoms with Crippen LogP contribution < -0.4 is 0 Å². The van der Waals surface area contributed by atoms with E-state index < -0.39 is 9.84 Å². The van der Waals surface area contributed by atoms with Crippen molar-refractivity contribution in [2.45, 2.75) is 19.3 Å². The van der Waals surface area contributed by atoms with Gasteiger partial charge in [0.2, 0.25) is 0 Å². The summed E-state index contributed by atoms with van der Waals surface area (Å²) in [6.07, 6.45) is 4.64. The minimum absolute atomic E-state index is 0.0942. The highest BCUT2D eigenvalue weighted by Gasteiger charge is 2.25. The van der Waals surface area contributed by atoms with Crippen molar-refractivity contribution in [2.75, 3.05) is 11.5 Å². The van der Waals surface area contributed by atoms with Crippen LogP contribution in [0.5, 0.6) is 0 Å². The molecule has 0 aliphatic carbocycles. The van der Waals surface area contributed by atoms with Gasteiger partial charge in [-0.2, -0.15) is 5.10 Å². The van der Waals surface area contributed by atoms with Crippen LogP contribution in [-0.4, -0.2) is 40.8 Å². The van der Waals surface area contributed by atoms with Crippen LogP contribution in [-0.2, 0) is 16.3 Å². The molecule has 6 nitrogen and oxygen atoms in total. The first-order valence-electron chi connectivity index (χ1n) is 6.57. The third-order valence-corrected chi connectivity index (χ3v) is 5.46. The van der Waals surface area contributed by atoms with E-state index in [1.165, 1.54) is 0 Å². The molecule has 1 unspecified atom stereocenters. The van der Waals surface area contributed by atoms with Crippen LogP contribution in [0.3, 0.4) is 0 Å². The number of nitrogens with zero attached hydrogens (tertiary/aromatic N) is 3. The average Bonchev–Trinajstić information content (AvgIpc) is 2.78. The monoisotopic (exact) mass is 293 g/mol. The lowest BCUT2D eigenvalue weighted by Gasteiger charge is -2.20. The van der Waals surface area contributed by atoms with E-state index in [-0.39, 0.29) is 11.7 Å². The fraction of sp³-hybridized carbons (Fsp3) is 0.462. The molecule has 0 amide bonds. The zero-order valence-corrected chi connectivity index (χ0v) is 11.7. The van der Waals surface area contributed by atoms with E-state index in [2.05, 4.69) is 10.1 Å². The van der Waals surface area contributed by atoms with E-state index in [1.807, 2.05) is 0 Å². The fourth-order valence-electron chi connectivity index (χ4n) is 2.64. The summed E-state index contributed by atoms with van der Waals surface area (Å²) in [5, 5.41) is 4.32. The lowest BCUT2D eigenvalue weighted by molar-refractivity contribution is 0.112. The van der Waals surface area contributed by atoms with Gasteiger partial charge in [-0.1, -0.05) is 0 Å². The molecule has 7 heteroatoms. The molecule has 0 N–H and O–H groups in total. The SMILES string of the molecule is O=Cc1ccn2nc(CC3CCCS(=O)(=O)C3)nc2c1. The Morgan fingerprint density at radius 1 is 1.45 bits per heavy atom. The Morgan fingerprint density at radius 3 is 3.05 bits per heavy atom. The highest BCUT2D eigenvalue weighted by Crippen LogP contribution is 2.21. The van der Waals surface area contributed by atoms with Crippen LogP contribution in [0.4, 0.5) is 0 Å². The molecule has 1 saturated heterocycles. The van der Waals surface area contributed by atoms with Gasteiger partial charge in [-0.15, -0.1) is 0 Å². The maximum atomic E-state index is 11.6. The van der Waals surface area contributed by atoms with Gasteiger partial charge in [0.25, 0.3) is 0 Å². The summed E-state index contributed by atoms with van der Waals surface area (Å²) in [7, 11) is -2.90. The third kappa shape index (κ3) is 2.72. The summed E-state index contributed by atoms with van der Waals surface area (Å²) in [4.78, 5) is 15.1. The van der Waals surface area contributed by atoms with Crippen LogP contribution in [0, 0.1) is 5.92 Å². The smallest absolute Gasteiger partial charge is 0.156 e.